The molecule has 1 saturated heterocycles. The first-order valence-electron chi connectivity index (χ1n) is 7.08. The van der Waals surface area contributed by atoms with Crippen molar-refractivity contribution in [2.45, 2.75) is 37.2 Å². The van der Waals surface area contributed by atoms with Gasteiger partial charge in [0.2, 0.25) is 10.0 Å². The van der Waals surface area contributed by atoms with Crippen molar-refractivity contribution in [1.82, 2.24) is 9.21 Å². The summed E-state index contributed by atoms with van der Waals surface area (Å²) in [5.74, 6) is 0. The van der Waals surface area contributed by atoms with Gasteiger partial charge in [0.05, 0.1) is 3.79 Å². The van der Waals surface area contributed by atoms with Gasteiger partial charge >= 0.3 is 0 Å². The number of sulfonamides is 1. The van der Waals surface area contributed by atoms with Gasteiger partial charge in [0.25, 0.3) is 0 Å². The Labute approximate surface area is 139 Å². The fourth-order valence-electron chi connectivity index (χ4n) is 2.62. The number of piperidine rings is 1. The van der Waals surface area contributed by atoms with Gasteiger partial charge < -0.3 is 10.6 Å². The van der Waals surface area contributed by atoms with Gasteiger partial charge in [-0.3, -0.25) is 0 Å². The van der Waals surface area contributed by atoms with Crippen LogP contribution in [0.25, 0.3) is 0 Å². The van der Waals surface area contributed by atoms with Crippen molar-refractivity contribution in [2.24, 2.45) is 5.73 Å². The van der Waals surface area contributed by atoms with Crippen LogP contribution in [0, 0.1) is 0 Å². The van der Waals surface area contributed by atoms with Gasteiger partial charge in [-0.25, -0.2) is 8.42 Å². The molecule has 0 saturated carbocycles. The predicted octanol–water partition coefficient (Wildman–Crippen LogP) is 2.07. The zero-order valence-corrected chi connectivity index (χ0v) is 15.6. The fraction of sp³-hybridized carbons (Fsp3) is 0.692. The number of hydrogen-bond acceptors (Lipinski definition) is 5. The molecule has 0 unspecified atom stereocenters. The van der Waals surface area contributed by atoms with E-state index in [-0.39, 0.29) is 6.04 Å². The number of hydrogen-bond donors (Lipinski definition) is 1. The average Bonchev–Trinajstić information content (AvgIpc) is 2.88. The van der Waals surface area contributed by atoms with Gasteiger partial charge in [-0.05, 0) is 54.5 Å². The minimum Gasteiger partial charge on any atom is -0.326 e. The highest BCUT2D eigenvalue weighted by Crippen LogP contribution is 2.34. The first-order valence-corrected chi connectivity index (χ1v) is 10.1. The monoisotopic (exact) mass is 395 g/mol. The molecule has 0 aliphatic carbocycles. The molecule has 0 bridgehead atoms. The molecule has 2 N–H and O–H groups in total. The molecular formula is C13H22BrN3O2S2. The van der Waals surface area contributed by atoms with E-state index in [2.05, 4.69) is 27.8 Å². The van der Waals surface area contributed by atoms with Crippen molar-refractivity contribution in [1.29, 1.82) is 0 Å². The highest BCUT2D eigenvalue weighted by atomic mass is 79.9. The Balaban J connectivity index is 2.17. The third kappa shape index (κ3) is 3.68. The first-order chi connectivity index (χ1) is 9.90. The van der Waals surface area contributed by atoms with Crippen LogP contribution in [-0.4, -0.2) is 50.3 Å². The van der Waals surface area contributed by atoms with Crippen LogP contribution in [0.3, 0.4) is 0 Å². The summed E-state index contributed by atoms with van der Waals surface area (Å²) in [6, 6.07) is 1.76. The van der Waals surface area contributed by atoms with E-state index in [0.717, 1.165) is 37.4 Å². The SMILES string of the molecule is CCN1CCC(N(C)S(=O)(=O)c2cc(CN)sc2Br)CC1. The summed E-state index contributed by atoms with van der Waals surface area (Å²) in [5, 5.41) is 0. The zero-order valence-electron chi connectivity index (χ0n) is 12.4. The maximum Gasteiger partial charge on any atom is 0.245 e. The Hall–Kier alpha value is 0.01000. The van der Waals surface area contributed by atoms with E-state index < -0.39 is 10.0 Å². The van der Waals surface area contributed by atoms with E-state index in [1.807, 2.05) is 0 Å². The van der Waals surface area contributed by atoms with Gasteiger partial charge in [0, 0.05) is 24.5 Å². The molecule has 1 aliphatic rings. The smallest absolute Gasteiger partial charge is 0.245 e. The summed E-state index contributed by atoms with van der Waals surface area (Å²) in [6.45, 7) is 5.44. The minimum absolute atomic E-state index is 0.0749. The van der Waals surface area contributed by atoms with Crippen LogP contribution in [-0.2, 0) is 16.6 Å². The lowest BCUT2D eigenvalue weighted by Gasteiger charge is -2.35. The largest absolute Gasteiger partial charge is 0.326 e. The second-order valence-electron chi connectivity index (χ2n) is 5.24. The molecule has 1 fully saturated rings. The molecule has 0 amide bonds. The van der Waals surface area contributed by atoms with Crippen LogP contribution in [0.5, 0.6) is 0 Å². The van der Waals surface area contributed by atoms with Crippen molar-refractivity contribution in [2.75, 3.05) is 26.7 Å². The highest BCUT2D eigenvalue weighted by Gasteiger charge is 2.32. The average molecular weight is 396 g/mol. The van der Waals surface area contributed by atoms with E-state index in [1.165, 1.54) is 15.6 Å². The predicted molar refractivity (Wildman–Crippen MR) is 90.0 cm³/mol. The highest BCUT2D eigenvalue weighted by molar-refractivity contribution is 9.11. The molecular weight excluding hydrogens is 374 g/mol. The summed E-state index contributed by atoms with van der Waals surface area (Å²) in [4.78, 5) is 3.56. The van der Waals surface area contributed by atoms with Gasteiger partial charge in [0.15, 0.2) is 0 Å². The van der Waals surface area contributed by atoms with Crippen LogP contribution in [0.2, 0.25) is 0 Å². The lowest BCUT2D eigenvalue weighted by atomic mass is 10.1. The summed E-state index contributed by atoms with van der Waals surface area (Å²) in [6.07, 6.45) is 1.77. The van der Waals surface area contributed by atoms with E-state index in [4.69, 9.17) is 5.73 Å². The quantitative estimate of drug-likeness (QED) is 0.828. The normalized spacial score (nSPS) is 18.5. The lowest BCUT2D eigenvalue weighted by Crippen LogP contribution is -2.45. The van der Waals surface area contributed by atoms with Crippen molar-refractivity contribution in [3.63, 3.8) is 0 Å². The third-order valence-corrected chi connectivity index (χ3v) is 8.27. The topological polar surface area (TPSA) is 66.6 Å². The molecule has 1 aliphatic heterocycles. The molecule has 8 heteroatoms. The Morgan fingerprint density at radius 2 is 2.10 bits per heavy atom. The van der Waals surface area contributed by atoms with E-state index in [9.17, 15) is 8.42 Å². The summed E-state index contributed by atoms with van der Waals surface area (Å²) < 4.78 is 27.7. The Morgan fingerprint density at radius 1 is 1.48 bits per heavy atom. The second-order valence-corrected chi connectivity index (χ2v) is 9.66. The van der Waals surface area contributed by atoms with Crippen molar-refractivity contribution in [3.8, 4) is 0 Å². The van der Waals surface area contributed by atoms with Crippen molar-refractivity contribution >= 4 is 37.3 Å². The molecule has 2 rings (SSSR count). The first kappa shape index (κ1) is 17.4. The van der Waals surface area contributed by atoms with Gasteiger partial charge in [0.1, 0.15) is 4.90 Å². The van der Waals surface area contributed by atoms with Crippen LogP contribution in [0.15, 0.2) is 14.7 Å². The molecule has 0 aromatic carbocycles. The summed E-state index contributed by atoms with van der Waals surface area (Å²) in [5.41, 5.74) is 5.60. The minimum atomic E-state index is -3.46. The van der Waals surface area contributed by atoms with Gasteiger partial charge in [-0.2, -0.15) is 4.31 Å². The molecule has 1 aromatic heterocycles. The number of thiophene rings is 1. The maximum atomic E-state index is 12.8. The van der Waals surface area contributed by atoms with Crippen LogP contribution >= 0.6 is 27.3 Å². The van der Waals surface area contributed by atoms with Gasteiger partial charge in [-0.1, -0.05) is 6.92 Å². The molecule has 0 radical (unpaired) electrons. The van der Waals surface area contributed by atoms with Crippen LogP contribution in [0.1, 0.15) is 24.6 Å². The Morgan fingerprint density at radius 3 is 2.57 bits per heavy atom. The molecule has 0 spiro atoms. The summed E-state index contributed by atoms with van der Waals surface area (Å²) >= 11 is 4.74. The van der Waals surface area contributed by atoms with E-state index in [0.29, 0.717) is 15.2 Å². The number of likely N-dealkylation sites (tertiary alicyclic amines) is 1. The van der Waals surface area contributed by atoms with E-state index in [1.54, 1.807) is 13.1 Å². The Kier molecular flexibility index (Phi) is 5.84. The second kappa shape index (κ2) is 7.06. The van der Waals surface area contributed by atoms with Crippen LogP contribution < -0.4 is 5.73 Å². The number of rotatable bonds is 5. The zero-order chi connectivity index (χ0) is 15.6. The molecule has 1 aromatic rings. The number of halogens is 1. The number of nitrogens with two attached hydrogens (primary N) is 1. The van der Waals surface area contributed by atoms with Crippen LogP contribution in [0.4, 0.5) is 0 Å². The lowest BCUT2D eigenvalue weighted by molar-refractivity contribution is 0.176. The fourth-order valence-corrected chi connectivity index (χ4v) is 6.55. The molecule has 21 heavy (non-hydrogen) atoms. The maximum absolute atomic E-state index is 12.8. The van der Waals surface area contributed by atoms with Crippen molar-refractivity contribution in [3.05, 3.63) is 14.7 Å². The molecule has 2 heterocycles. The molecule has 0 atom stereocenters. The third-order valence-electron chi connectivity index (χ3n) is 4.08. The Bertz CT molecular complexity index is 580. The summed E-state index contributed by atoms with van der Waals surface area (Å²) in [7, 11) is -1.77. The molecule has 5 nitrogen and oxygen atoms in total. The molecule has 120 valence electrons. The van der Waals surface area contributed by atoms with E-state index >= 15 is 0 Å². The van der Waals surface area contributed by atoms with Crippen molar-refractivity contribution < 1.29 is 8.42 Å². The van der Waals surface area contributed by atoms with Gasteiger partial charge in [-0.15, -0.1) is 11.3 Å². The number of nitrogens with zero attached hydrogens (tertiary/aromatic N) is 2. The standard InChI is InChI=1S/C13H22BrN3O2S2/c1-3-17-6-4-10(5-7-17)16(2)21(18,19)12-8-11(9-15)20-13(12)14/h8,10H,3-7,9,15H2,1-2H3.